The number of aliphatic imine (C=N–C) groups is 1. The highest BCUT2D eigenvalue weighted by Gasteiger charge is 2.34. The van der Waals surface area contributed by atoms with Crippen LogP contribution in [0.2, 0.25) is 0 Å². The summed E-state index contributed by atoms with van der Waals surface area (Å²) in [7, 11) is 2.00. The number of benzene rings is 2. The summed E-state index contributed by atoms with van der Waals surface area (Å²) in [6, 6.07) is 8.86. The van der Waals surface area contributed by atoms with Gasteiger partial charge < -0.3 is 10.2 Å². The number of nitrogens with one attached hydrogen (secondary N) is 1. The number of carbonyl (C=O) groups excluding carboxylic acids is 1. The summed E-state index contributed by atoms with van der Waals surface area (Å²) in [5.41, 5.74) is 1.41. The van der Waals surface area contributed by atoms with Crippen molar-refractivity contribution in [1.29, 1.82) is 0 Å². The molecule has 1 unspecified atom stereocenters. The van der Waals surface area contributed by atoms with Gasteiger partial charge in [-0.05, 0) is 61.5 Å². The summed E-state index contributed by atoms with van der Waals surface area (Å²) >= 11 is 0. The molecule has 3 heterocycles. The SMILES string of the molecule is Cc1ccc(C(=O)Nc2ccc(CN3CCN(C)CC3)c(C(F)(F)F)c2)cc1C#CC1CN=C2C=CC=NN21. The van der Waals surface area contributed by atoms with Crippen LogP contribution in [0.3, 0.4) is 0 Å². The molecule has 3 aliphatic rings. The maximum Gasteiger partial charge on any atom is 0.416 e. The second kappa shape index (κ2) is 11.0. The lowest BCUT2D eigenvalue weighted by Crippen LogP contribution is -2.44. The molecular weight excluding hydrogens is 505 g/mol. The predicted molar refractivity (Wildman–Crippen MR) is 146 cm³/mol. The van der Waals surface area contributed by atoms with Gasteiger partial charge in [-0.3, -0.25) is 14.7 Å². The molecule has 202 valence electrons. The van der Waals surface area contributed by atoms with Crippen LogP contribution in [0.5, 0.6) is 0 Å². The molecule has 0 radical (unpaired) electrons. The number of carbonyl (C=O) groups is 1. The quantitative estimate of drug-likeness (QED) is 0.603. The Balaban J connectivity index is 1.31. The summed E-state index contributed by atoms with van der Waals surface area (Å²) in [6.45, 7) is 5.65. The van der Waals surface area contributed by atoms with Crippen LogP contribution in [0, 0.1) is 18.8 Å². The average molecular weight is 535 g/mol. The number of rotatable bonds is 4. The maximum absolute atomic E-state index is 13.9. The van der Waals surface area contributed by atoms with Crippen LogP contribution in [0.4, 0.5) is 18.9 Å². The number of hydrazone groups is 1. The molecule has 2 aromatic rings. The van der Waals surface area contributed by atoms with Crippen molar-refractivity contribution in [3.05, 3.63) is 76.4 Å². The van der Waals surface area contributed by atoms with Crippen LogP contribution >= 0.6 is 0 Å². The fourth-order valence-corrected chi connectivity index (χ4v) is 4.67. The summed E-state index contributed by atoms with van der Waals surface area (Å²) in [6.07, 6.45) is 0.829. The highest BCUT2D eigenvalue weighted by atomic mass is 19.4. The summed E-state index contributed by atoms with van der Waals surface area (Å²) < 4.78 is 41.8. The van der Waals surface area contributed by atoms with Gasteiger partial charge in [-0.1, -0.05) is 24.0 Å². The second-order valence-corrected chi connectivity index (χ2v) is 9.89. The third-order valence-corrected chi connectivity index (χ3v) is 7.01. The van der Waals surface area contributed by atoms with Gasteiger partial charge in [0.1, 0.15) is 11.9 Å². The van der Waals surface area contributed by atoms with E-state index in [4.69, 9.17) is 0 Å². The average Bonchev–Trinajstić information content (AvgIpc) is 3.33. The minimum atomic E-state index is -4.53. The fraction of sp³-hybridized carbons (Fsp3) is 0.345. The number of likely N-dealkylation sites (N-methyl/N-ethyl adjacent to an activating group) is 1. The Morgan fingerprint density at radius 2 is 1.92 bits per heavy atom. The number of amidine groups is 1. The lowest BCUT2D eigenvalue weighted by atomic mass is 10.0. The molecule has 39 heavy (non-hydrogen) atoms. The molecule has 1 fully saturated rings. The van der Waals surface area contributed by atoms with Gasteiger partial charge in [0.05, 0.1) is 12.1 Å². The van der Waals surface area contributed by atoms with Crippen molar-refractivity contribution in [2.75, 3.05) is 45.1 Å². The normalized spacial score (nSPS) is 19.4. The highest BCUT2D eigenvalue weighted by molar-refractivity contribution is 6.04. The molecule has 0 spiro atoms. The molecule has 1 N–H and O–H groups in total. The van der Waals surface area contributed by atoms with Crippen LogP contribution in [-0.4, -0.2) is 78.6 Å². The predicted octanol–water partition coefficient (Wildman–Crippen LogP) is 4.00. The minimum absolute atomic E-state index is 0.0920. The molecule has 7 nitrogen and oxygen atoms in total. The monoisotopic (exact) mass is 534 g/mol. The first kappa shape index (κ1) is 26.7. The van der Waals surface area contributed by atoms with E-state index in [-0.39, 0.29) is 23.8 Å². The maximum atomic E-state index is 13.9. The van der Waals surface area contributed by atoms with Gasteiger partial charge >= 0.3 is 6.18 Å². The Kier molecular flexibility index (Phi) is 7.55. The number of anilines is 1. The first-order chi connectivity index (χ1) is 18.7. The zero-order valence-electron chi connectivity index (χ0n) is 21.8. The van der Waals surface area contributed by atoms with Gasteiger partial charge in [-0.25, -0.2) is 5.01 Å². The molecule has 2 aromatic carbocycles. The van der Waals surface area contributed by atoms with Gasteiger partial charge in [-0.15, -0.1) is 0 Å². The Morgan fingerprint density at radius 3 is 2.69 bits per heavy atom. The third kappa shape index (κ3) is 6.21. The minimum Gasteiger partial charge on any atom is -0.322 e. The van der Waals surface area contributed by atoms with Crippen LogP contribution in [-0.2, 0) is 12.7 Å². The smallest absolute Gasteiger partial charge is 0.322 e. The van der Waals surface area contributed by atoms with E-state index in [1.165, 1.54) is 12.1 Å². The molecule has 0 aliphatic carbocycles. The molecule has 1 amide bonds. The third-order valence-electron chi connectivity index (χ3n) is 7.01. The number of amides is 1. The standard InChI is InChI=1S/C29H29F3N6O/c1-20-5-6-22(16-21(20)8-10-25-18-33-27-4-3-11-34-38(25)27)28(39)35-24-9-7-23(26(17-24)29(30,31)32)19-37-14-12-36(2)13-15-37/h3-7,9,11,16-17,25H,12-15,18-19H2,1-2H3,(H,35,39). The van der Waals surface area contributed by atoms with Gasteiger partial charge in [0.2, 0.25) is 0 Å². The Labute approximate surface area is 225 Å². The Bertz CT molecular complexity index is 1410. The molecule has 0 aromatic heterocycles. The lowest BCUT2D eigenvalue weighted by molar-refractivity contribution is -0.138. The number of aryl methyl sites for hydroxylation is 1. The summed E-state index contributed by atoms with van der Waals surface area (Å²) in [5, 5.41) is 8.69. The van der Waals surface area contributed by atoms with E-state index in [1.54, 1.807) is 29.4 Å². The van der Waals surface area contributed by atoms with E-state index in [2.05, 4.69) is 32.2 Å². The molecule has 10 heteroatoms. The Hall–Kier alpha value is -3.94. The van der Waals surface area contributed by atoms with Crippen LogP contribution in [0.15, 0.2) is 58.6 Å². The largest absolute Gasteiger partial charge is 0.416 e. The fourth-order valence-electron chi connectivity index (χ4n) is 4.67. The van der Waals surface area contributed by atoms with Crippen molar-refractivity contribution in [3.8, 4) is 11.8 Å². The number of piperazine rings is 1. The number of alkyl halides is 3. The van der Waals surface area contributed by atoms with Crippen molar-refractivity contribution >= 4 is 23.6 Å². The van der Waals surface area contributed by atoms with Crippen molar-refractivity contribution < 1.29 is 18.0 Å². The van der Waals surface area contributed by atoms with Crippen LogP contribution < -0.4 is 5.32 Å². The second-order valence-electron chi connectivity index (χ2n) is 9.89. The summed E-state index contributed by atoms with van der Waals surface area (Å²) in [4.78, 5) is 21.6. The highest BCUT2D eigenvalue weighted by Crippen LogP contribution is 2.34. The first-order valence-corrected chi connectivity index (χ1v) is 12.8. The number of nitrogens with zero attached hydrogens (tertiary/aromatic N) is 5. The molecule has 1 atom stereocenters. The lowest BCUT2D eigenvalue weighted by Gasteiger charge is -2.33. The van der Waals surface area contributed by atoms with E-state index in [9.17, 15) is 18.0 Å². The Morgan fingerprint density at radius 1 is 1.13 bits per heavy atom. The van der Waals surface area contributed by atoms with E-state index in [1.807, 2.05) is 31.0 Å². The molecule has 1 saturated heterocycles. The number of fused-ring (bicyclic) bond motifs is 1. The topological polar surface area (TPSA) is 63.5 Å². The van der Waals surface area contributed by atoms with Crippen molar-refractivity contribution in [2.24, 2.45) is 10.1 Å². The van der Waals surface area contributed by atoms with E-state index in [0.717, 1.165) is 30.6 Å². The molecule has 5 rings (SSSR count). The molecular formula is C29H29F3N6O. The molecule has 0 bridgehead atoms. The molecule has 0 saturated carbocycles. The van der Waals surface area contributed by atoms with Gasteiger partial charge in [0.25, 0.3) is 5.91 Å². The summed E-state index contributed by atoms with van der Waals surface area (Å²) in [5.74, 6) is 6.55. The van der Waals surface area contributed by atoms with Crippen molar-refractivity contribution in [2.45, 2.75) is 25.7 Å². The van der Waals surface area contributed by atoms with Crippen molar-refractivity contribution in [1.82, 2.24) is 14.8 Å². The number of hydrogen-bond donors (Lipinski definition) is 1. The zero-order chi connectivity index (χ0) is 27.6. The van der Waals surface area contributed by atoms with E-state index >= 15 is 0 Å². The molecule has 3 aliphatic heterocycles. The van der Waals surface area contributed by atoms with Gasteiger partial charge in [-0.2, -0.15) is 18.3 Å². The first-order valence-electron chi connectivity index (χ1n) is 12.8. The number of halogens is 3. The van der Waals surface area contributed by atoms with Crippen LogP contribution in [0.25, 0.3) is 0 Å². The zero-order valence-corrected chi connectivity index (χ0v) is 21.8. The van der Waals surface area contributed by atoms with Gasteiger partial charge in [0, 0.05) is 55.8 Å². The van der Waals surface area contributed by atoms with Gasteiger partial charge in [0.15, 0.2) is 0 Å². The number of allylic oxidation sites excluding steroid dienone is 1. The number of hydrogen-bond acceptors (Lipinski definition) is 6. The van der Waals surface area contributed by atoms with E-state index < -0.39 is 17.6 Å². The van der Waals surface area contributed by atoms with E-state index in [0.29, 0.717) is 30.8 Å². The van der Waals surface area contributed by atoms with Crippen LogP contribution in [0.1, 0.15) is 32.6 Å². The van der Waals surface area contributed by atoms with Crippen molar-refractivity contribution in [3.63, 3.8) is 0 Å².